The molecule has 6 rings (SSSR count). The van der Waals surface area contributed by atoms with Crippen molar-refractivity contribution in [3.8, 4) is 34.4 Å². The number of hydrogen-bond acceptors (Lipinski definition) is 5. The second kappa shape index (κ2) is 7.52. The van der Waals surface area contributed by atoms with E-state index in [1.165, 1.54) is 11.3 Å². The minimum absolute atomic E-state index is 0.625. The van der Waals surface area contributed by atoms with Gasteiger partial charge in [0.05, 0.1) is 29.6 Å². The van der Waals surface area contributed by atoms with E-state index in [4.69, 9.17) is 16.9 Å². The lowest BCUT2D eigenvalue weighted by atomic mass is 10.1. The van der Waals surface area contributed by atoms with Crippen LogP contribution in [0.25, 0.3) is 28.3 Å². The van der Waals surface area contributed by atoms with Gasteiger partial charge in [0, 0.05) is 37.4 Å². The molecule has 2 aromatic heterocycles. The van der Waals surface area contributed by atoms with Crippen molar-refractivity contribution in [1.82, 2.24) is 24.6 Å². The highest BCUT2D eigenvalue weighted by atomic mass is 35.5. The molecule has 0 amide bonds. The third kappa shape index (κ3) is 3.00. The van der Waals surface area contributed by atoms with E-state index in [9.17, 15) is 0 Å². The Morgan fingerprint density at radius 2 is 1.84 bits per heavy atom. The van der Waals surface area contributed by atoms with Crippen molar-refractivity contribution in [1.29, 1.82) is 5.26 Å². The monoisotopic (exact) mass is 441 g/mol. The van der Waals surface area contributed by atoms with Gasteiger partial charge in [0.15, 0.2) is 5.82 Å². The Labute approximate surface area is 190 Å². The number of nitriles is 1. The Balaban J connectivity index is 1.48. The maximum absolute atomic E-state index is 9.11. The van der Waals surface area contributed by atoms with Crippen LogP contribution in [0.5, 0.6) is 0 Å². The fourth-order valence-electron chi connectivity index (χ4n) is 4.60. The SMILES string of the molecule is N#Cc1ccc(-c2cc3n(c2Cl)Cc2cc(N4CCNCC4)ccc2-n2cnnc2-3)cc1. The maximum atomic E-state index is 9.11. The molecule has 1 N–H and O–H groups in total. The normalized spacial score (nSPS) is 14.8. The summed E-state index contributed by atoms with van der Waals surface area (Å²) in [5.41, 5.74) is 6.90. The topological polar surface area (TPSA) is 74.7 Å². The van der Waals surface area contributed by atoms with Crippen molar-refractivity contribution in [2.75, 3.05) is 31.1 Å². The molecule has 0 radical (unpaired) electrons. The largest absolute Gasteiger partial charge is 0.369 e. The number of nitrogens with zero attached hydrogens (tertiary/aromatic N) is 6. The van der Waals surface area contributed by atoms with Crippen LogP contribution in [0, 0.1) is 11.3 Å². The van der Waals surface area contributed by atoms with Gasteiger partial charge in [0.25, 0.3) is 0 Å². The predicted octanol–water partition coefficient (Wildman–Crippen LogP) is 3.70. The second-order valence-electron chi connectivity index (χ2n) is 8.08. The number of aromatic nitrogens is 4. The van der Waals surface area contributed by atoms with Crippen molar-refractivity contribution >= 4 is 17.3 Å². The minimum atomic E-state index is 0.625. The van der Waals surface area contributed by atoms with Crippen LogP contribution in [-0.2, 0) is 6.54 Å². The summed E-state index contributed by atoms with van der Waals surface area (Å²) in [5, 5.41) is 21.8. The van der Waals surface area contributed by atoms with Gasteiger partial charge < -0.3 is 14.8 Å². The molecule has 4 aromatic rings. The molecule has 0 atom stereocenters. The summed E-state index contributed by atoms with van der Waals surface area (Å²) in [6.07, 6.45) is 1.76. The van der Waals surface area contributed by atoms with E-state index in [1.54, 1.807) is 6.33 Å². The van der Waals surface area contributed by atoms with Gasteiger partial charge in [-0.3, -0.25) is 4.57 Å². The third-order valence-corrected chi connectivity index (χ3v) is 6.67. The summed E-state index contributed by atoms with van der Waals surface area (Å²) in [5.74, 6) is 0.764. The van der Waals surface area contributed by atoms with Crippen LogP contribution in [-0.4, -0.2) is 45.5 Å². The Morgan fingerprint density at radius 1 is 1.03 bits per heavy atom. The number of rotatable bonds is 2. The summed E-state index contributed by atoms with van der Waals surface area (Å²) in [6.45, 7) is 4.62. The van der Waals surface area contributed by atoms with Gasteiger partial charge >= 0.3 is 0 Å². The molecular formula is C24H20ClN7. The first-order chi connectivity index (χ1) is 15.7. The summed E-state index contributed by atoms with van der Waals surface area (Å²) in [6, 6.07) is 18.3. The Kier molecular flexibility index (Phi) is 4.49. The molecule has 0 bridgehead atoms. The van der Waals surface area contributed by atoms with E-state index in [2.05, 4.69) is 55.3 Å². The first-order valence-electron chi connectivity index (χ1n) is 10.6. The predicted molar refractivity (Wildman–Crippen MR) is 124 cm³/mol. The molecular weight excluding hydrogens is 422 g/mol. The molecule has 1 saturated heterocycles. The van der Waals surface area contributed by atoms with Gasteiger partial charge in [-0.1, -0.05) is 23.7 Å². The van der Waals surface area contributed by atoms with Crippen molar-refractivity contribution in [3.63, 3.8) is 0 Å². The molecule has 0 aliphatic carbocycles. The maximum Gasteiger partial charge on any atom is 0.185 e. The van der Waals surface area contributed by atoms with E-state index in [0.717, 1.165) is 54.5 Å². The number of benzene rings is 2. The van der Waals surface area contributed by atoms with Crippen molar-refractivity contribution in [3.05, 3.63) is 71.1 Å². The molecule has 0 unspecified atom stereocenters. The van der Waals surface area contributed by atoms with Gasteiger partial charge in [-0.25, -0.2) is 0 Å². The van der Waals surface area contributed by atoms with Crippen LogP contribution in [0.15, 0.2) is 54.9 Å². The van der Waals surface area contributed by atoms with E-state index in [0.29, 0.717) is 17.3 Å². The lowest BCUT2D eigenvalue weighted by Crippen LogP contribution is -2.43. The molecule has 2 aliphatic heterocycles. The molecule has 7 nitrogen and oxygen atoms in total. The zero-order chi connectivity index (χ0) is 21.7. The number of fused-ring (bicyclic) bond motifs is 5. The fourth-order valence-corrected chi connectivity index (χ4v) is 4.92. The number of hydrogen-bond donors (Lipinski definition) is 1. The van der Waals surface area contributed by atoms with Crippen LogP contribution >= 0.6 is 11.6 Å². The second-order valence-corrected chi connectivity index (χ2v) is 8.44. The lowest BCUT2D eigenvalue weighted by molar-refractivity contribution is 0.589. The Hall–Kier alpha value is -3.60. The van der Waals surface area contributed by atoms with Gasteiger partial charge in [0.1, 0.15) is 11.5 Å². The highest BCUT2D eigenvalue weighted by Gasteiger charge is 2.26. The van der Waals surface area contributed by atoms with Crippen LogP contribution in [0.2, 0.25) is 5.15 Å². The van der Waals surface area contributed by atoms with Crippen LogP contribution < -0.4 is 10.2 Å². The highest BCUT2D eigenvalue weighted by Crippen LogP contribution is 2.39. The van der Waals surface area contributed by atoms with Crippen molar-refractivity contribution in [2.24, 2.45) is 0 Å². The molecule has 2 aliphatic rings. The molecule has 1 fully saturated rings. The quantitative estimate of drug-likeness (QED) is 0.452. The van der Waals surface area contributed by atoms with E-state index < -0.39 is 0 Å². The van der Waals surface area contributed by atoms with Crippen LogP contribution in [0.3, 0.4) is 0 Å². The standard InChI is InChI=1S/C24H20ClN7/c25-23-20(17-3-1-16(13-26)2-4-17)12-22-24-29-28-15-32(24)21-6-5-19(11-18(21)14-31(22)23)30-9-7-27-8-10-30/h1-6,11-12,15,27H,7-10,14H2. The summed E-state index contributed by atoms with van der Waals surface area (Å²) in [4.78, 5) is 2.41. The highest BCUT2D eigenvalue weighted by molar-refractivity contribution is 6.32. The molecule has 158 valence electrons. The zero-order valence-electron chi connectivity index (χ0n) is 17.3. The molecule has 2 aromatic carbocycles. The third-order valence-electron chi connectivity index (χ3n) is 6.27. The van der Waals surface area contributed by atoms with Gasteiger partial charge in [-0.2, -0.15) is 5.26 Å². The number of halogens is 1. The van der Waals surface area contributed by atoms with Gasteiger partial charge in [0.2, 0.25) is 0 Å². The van der Waals surface area contributed by atoms with Gasteiger partial charge in [-0.05, 0) is 47.5 Å². The first-order valence-corrected chi connectivity index (χ1v) is 11.0. The molecule has 32 heavy (non-hydrogen) atoms. The van der Waals surface area contributed by atoms with Crippen molar-refractivity contribution in [2.45, 2.75) is 6.54 Å². The number of anilines is 1. The molecule has 4 heterocycles. The number of nitrogens with one attached hydrogen (secondary N) is 1. The van der Waals surface area contributed by atoms with Crippen molar-refractivity contribution < 1.29 is 0 Å². The zero-order valence-corrected chi connectivity index (χ0v) is 18.0. The minimum Gasteiger partial charge on any atom is -0.369 e. The average molecular weight is 442 g/mol. The molecule has 0 saturated carbocycles. The van der Waals surface area contributed by atoms with E-state index in [-0.39, 0.29) is 0 Å². The molecule has 8 heteroatoms. The first kappa shape index (κ1) is 19.1. The lowest BCUT2D eigenvalue weighted by Gasteiger charge is -2.30. The average Bonchev–Trinajstić information content (AvgIpc) is 3.42. The summed E-state index contributed by atoms with van der Waals surface area (Å²) < 4.78 is 4.14. The summed E-state index contributed by atoms with van der Waals surface area (Å²) in [7, 11) is 0. The number of piperazine rings is 1. The Bertz CT molecular complexity index is 1350. The Morgan fingerprint density at radius 3 is 2.62 bits per heavy atom. The van der Waals surface area contributed by atoms with E-state index >= 15 is 0 Å². The smallest absolute Gasteiger partial charge is 0.185 e. The van der Waals surface area contributed by atoms with Gasteiger partial charge in [-0.15, -0.1) is 10.2 Å². The van der Waals surface area contributed by atoms with E-state index in [1.807, 2.05) is 28.8 Å². The molecule has 0 spiro atoms. The fraction of sp³-hybridized carbons (Fsp3) is 0.208. The van der Waals surface area contributed by atoms with Crippen LogP contribution in [0.4, 0.5) is 5.69 Å². The van der Waals surface area contributed by atoms with Crippen LogP contribution in [0.1, 0.15) is 11.1 Å². The summed E-state index contributed by atoms with van der Waals surface area (Å²) >= 11 is 6.93.